The van der Waals surface area contributed by atoms with Gasteiger partial charge in [0.25, 0.3) is 0 Å². The lowest BCUT2D eigenvalue weighted by Crippen LogP contribution is -2.64. The van der Waals surface area contributed by atoms with Crippen molar-refractivity contribution in [1.29, 1.82) is 0 Å². The van der Waals surface area contributed by atoms with Crippen molar-refractivity contribution < 1.29 is 19.1 Å². The number of hydrogen-bond donors (Lipinski definition) is 2. The highest BCUT2D eigenvalue weighted by atomic mass is 16.6. The fourth-order valence-corrected chi connectivity index (χ4v) is 2.70. The van der Waals surface area contributed by atoms with Crippen molar-refractivity contribution in [1.82, 2.24) is 15.5 Å². The number of esters is 1. The molecule has 0 aliphatic carbocycles. The Kier molecular flexibility index (Phi) is 7.26. The fraction of sp³-hybridized carbons (Fsp3) is 0.889. The zero-order chi connectivity index (χ0) is 19.3. The van der Waals surface area contributed by atoms with Crippen LogP contribution in [0.15, 0.2) is 0 Å². The van der Waals surface area contributed by atoms with Crippen molar-refractivity contribution in [2.75, 3.05) is 39.3 Å². The van der Waals surface area contributed by atoms with Gasteiger partial charge in [0.15, 0.2) is 0 Å². The molecule has 1 heterocycles. The van der Waals surface area contributed by atoms with E-state index in [0.29, 0.717) is 39.3 Å². The van der Waals surface area contributed by atoms with E-state index in [4.69, 9.17) is 9.47 Å². The van der Waals surface area contributed by atoms with Crippen LogP contribution < -0.4 is 10.6 Å². The van der Waals surface area contributed by atoms with Crippen LogP contribution in [0.2, 0.25) is 0 Å². The molecule has 7 heteroatoms. The molecule has 1 rings (SSSR count). The van der Waals surface area contributed by atoms with Crippen LogP contribution in [0.5, 0.6) is 0 Å². The van der Waals surface area contributed by atoms with Crippen LogP contribution >= 0.6 is 0 Å². The molecule has 1 saturated heterocycles. The summed E-state index contributed by atoms with van der Waals surface area (Å²) >= 11 is 0. The van der Waals surface area contributed by atoms with Gasteiger partial charge in [0.2, 0.25) is 0 Å². The van der Waals surface area contributed by atoms with Crippen molar-refractivity contribution in [3.8, 4) is 0 Å². The van der Waals surface area contributed by atoms with Gasteiger partial charge < -0.3 is 25.0 Å². The Morgan fingerprint density at radius 2 is 1.88 bits per heavy atom. The first-order valence-electron chi connectivity index (χ1n) is 8.99. The highest BCUT2D eigenvalue weighted by Crippen LogP contribution is 2.18. The first-order valence-corrected chi connectivity index (χ1v) is 8.99. The van der Waals surface area contributed by atoms with Gasteiger partial charge in [0, 0.05) is 38.3 Å². The molecule has 0 saturated carbocycles. The summed E-state index contributed by atoms with van der Waals surface area (Å²) in [5.41, 5.74) is -1.37. The van der Waals surface area contributed by atoms with Crippen LogP contribution in [0.1, 0.15) is 48.5 Å². The van der Waals surface area contributed by atoms with Crippen LogP contribution in [0, 0.1) is 5.41 Å². The van der Waals surface area contributed by atoms with Gasteiger partial charge in [0.1, 0.15) is 5.60 Å². The van der Waals surface area contributed by atoms with Crippen LogP contribution in [-0.4, -0.2) is 67.4 Å². The number of amides is 1. The Labute approximate surface area is 151 Å². The van der Waals surface area contributed by atoms with E-state index in [1.165, 1.54) is 0 Å². The van der Waals surface area contributed by atoms with Crippen LogP contribution in [0.25, 0.3) is 0 Å². The molecule has 146 valence electrons. The average Bonchev–Trinajstić information content (AvgIpc) is 2.45. The summed E-state index contributed by atoms with van der Waals surface area (Å²) in [5, 5.41) is 6.80. The summed E-state index contributed by atoms with van der Waals surface area (Å²) < 4.78 is 10.6. The SMILES string of the molecule is CCOC(=O)C(C)(C)CNCC1(C)CN(C(=O)OC(C)(C)C)CCN1. The van der Waals surface area contributed by atoms with E-state index in [1.807, 2.05) is 34.6 Å². The Bertz CT molecular complexity index is 473. The van der Waals surface area contributed by atoms with E-state index in [-0.39, 0.29) is 17.6 Å². The second-order valence-electron chi connectivity index (χ2n) is 8.60. The number of rotatable bonds is 6. The highest BCUT2D eigenvalue weighted by Gasteiger charge is 2.36. The number of carbonyl (C=O) groups is 2. The second-order valence-corrected chi connectivity index (χ2v) is 8.60. The van der Waals surface area contributed by atoms with Crippen LogP contribution in [0.3, 0.4) is 0 Å². The maximum Gasteiger partial charge on any atom is 0.410 e. The molecular formula is C18H35N3O4. The zero-order valence-corrected chi connectivity index (χ0v) is 16.8. The van der Waals surface area contributed by atoms with E-state index in [9.17, 15) is 9.59 Å². The van der Waals surface area contributed by atoms with Crippen molar-refractivity contribution in [2.45, 2.75) is 59.6 Å². The smallest absolute Gasteiger partial charge is 0.410 e. The molecule has 1 unspecified atom stereocenters. The number of hydrogen-bond acceptors (Lipinski definition) is 6. The second kappa shape index (κ2) is 8.36. The average molecular weight is 357 g/mol. The van der Waals surface area contributed by atoms with Gasteiger partial charge in [-0.3, -0.25) is 4.79 Å². The Morgan fingerprint density at radius 1 is 1.24 bits per heavy atom. The summed E-state index contributed by atoms with van der Waals surface area (Å²) in [6, 6.07) is 0. The standard InChI is InChI=1S/C18H35N3O4/c1-8-24-14(22)17(5,6)11-19-12-18(7)13-21(10-9-20-18)15(23)25-16(2,3)4/h19-20H,8-13H2,1-7H3. The number of nitrogens with zero attached hydrogens (tertiary/aromatic N) is 1. The monoisotopic (exact) mass is 357 g/mol. The van der Waals surface area contributed by atoms with E-state index in [2.05, 4.69) is 17.6 Å². The van der Waals surface area contributed by atoms with Gasteiger partial charge in [-0.2, -0.15) is 0 Å². The third-order valence-corrected chi connectivity index (χ3v) is 4.04. The van der Waals surface area contributed by atoms with Gasteiger partial charge in [-0.15, -0.1) is 0 Å². The lowest BCUT2D eigenvalue weighted by molar-refractivity contribution is -0.153. The lowest BCUT2D eigenvalue weighted by atomic mass is 9.92. The molecule has 7 nitrogen and oxygen atoms in total. The summed E-state index contributed by atoms with van der Waals surface area (Å²) in [5.74, 6) is -0.209. The zero-order valence-electron chi connectivity index (χ0n) is 16.8. The molecular weight excluding hydrogens is 322 g/mol. The quantitative estimate of drug-likeness (QED) is 0.705. The van der Waals surface area contributed by atoms with E-state index in [0.717, 1.165) is 0 Å². The number of carbonyl (C=O) groups excluding carboxylic acids is 2. The Balaban J connectivity index is 2.54. The van der Waals surface area contributed by atoms with Gasteiger partial charge in [-0.05, 0) is 48.5 Å². The molecule has 25 heavy (non-hydrogen) atoms. The van der Waals surface area contributed by atoms with Gasteiger partial charge in [-0.1, -0.05) is 0 Å². The predicted molar refractivity (Wildman–Crippen MR) is 97.5 cm³/mol. The Morgan fingerprint density at radius 3 is 2.44 bits per heavy atom. The molecule has 0 radical (unpaired) electrons. The normalized spacial score (nSPS) is 21.8. The van der Waals surface area contributed by atoms with Gasteiger partial charge >= 0.3 is 12.1 Å². The molecule has 0 spiro atoms. The maximum absolute atomic E-state index is 12.3. The molecule has 0 bridgehead atoms. The van der Waals surface area contributed by atoms with Crippen molar-refractivity contribution in [2.24, 2.45) is 5.41 Å². The third kappa shape index (κ3) is 7.20. The first-order chi connectivity index (χ1) is 11.4. The summed E-state index contributed by atoms with van der Waals surface area (Å²) in [6.07, 6.45) is -0.285. The molecule has 1 atom stereocenters. The minimum absolute atomic E-state index is 0.209. The summed E-state index contributed by atoms with van der Waals surface area (Å²) in [6.45, 7) is 16.6. The van der Waals surface area contributed by atoms with Crippen molar-refractivity contribution in [3.63, 3.8) is 0 Å². The Hall–Kier alpha value is -1.34. The fourth-order valence-electron chi connectivity index (χ4n) is 2.70. The molecule has 2 N–H and O–H groups in total. The lowest BCUT2D eigenvalue weighted by Gasteiger charge is -2.42. The molecule has 1 aliphatic rings. The molecule has 1 aliphatic heterocycles. The topological polar surface area (TPSA) is 79.9 Å². The number of piperazine rings is 1. The minimum Gasteiger partial charge on any atom is -0.466 e. The van der Waals surface area contributed by atoms with Crippen molar-refractivity contribution in [3.05, 3.63) is 0 Å². The van der Waals surface area contributed by atoms with Gasteiger partial charge in [0.05, 0.1) is 12.0 Å². The largest absolute Gasteiger partial charge is 0.466 e. The predicted octanol–water partition coefficient (Wildman–Crippen LogP) is 1.76. The number of nitrogens with one attached hydrogen (secondary N) is 2. The highest BCUT2D eigenvalue weighted by molar-refractivity contribution is 5.76. The first kappa shape index (κ1) is 21.7. The molecule has 1 fully saturated rings. The minimum atomic E-state index is -0.591. The maximum atomic E-state index is 12.3. The molecule has 0 aromatic rings. The summed E-state index contributed by atoms with van der Waals surface area (Å²) in [4.78, 5) is 26.0. The van der Waals surface area contributed by atoms with E-state index < -0.39 is 11.0 Å². The third-order valence-electron chi connectivity index (χ3n) is 4.04. The van der Waals surface area contributed by atoms with Crippen LogP contribution in [0.4, 0.5) is 4.79 Å². The molecule has 0 aromatic carbocycles. The molecule has 0 aromatic heterocycles. The summed E-state index contributed by atoms with van der Waals surface area (Å²) in [7, 11) is 0. The van der Waals surface area contributed by atoms with E-state index >= 15 is 0 Å². The number of ether oxygens (including phenoxy) is 2. The van der Waals surface area contributed by atoms with E-state index in [1.54, 1.807) is 11.8 Å². The molecule has 1 amide bonds. The van der Waals surface area contributed by atoms with Gasteiger partial charge in [-0.25, -0.2) is 4.79 Å². The van der Waals surface area contributed by atoms with Crippen molar-refractivity contribution >= 4 is 12.1 Å². The van der Waals surface area contributed by atoms with Crippen LogP contribution in [-0.2, 0) is 14.3 Å².